The Kier molecular flexibility index (Phi) is 3.76. The van der Waals surface area contributed by atoms with Gasteiger partial charge in [0.15, 0.2) is 5.65 Å². The number of benzene rings is 1. The number of rotatable bonds is 2. The van der Waals surface area contributed by atoms with E-state index in [-0.39, 0.29) is 5.38 Å². The van der Waals surface area contributed by atoms with E-state index in [1.165, 1.54) is 0 Å². The van der Waals surface area contributed by atoms with Gasteiger partial charge in [0.05, 0.1) is 11.1 Å². The molecule has 0 amide bonds. The van der Waals surface area contributed by atoms with Gasteiger partial charge < -0.3 is 0 Å². The van der Waals surface area contributed by atoms with Crippen LogP contribution >= 0.6 is 27.5 Å². The van der Waals surface area contributed by atoms with Gasteiger partial charge in [-0.1, -0.05) is 12.1 Å². The lowest BCUT2D eigenvalue weighted by molar-refractivity contribution is 0.872. The van der Waals surface area contributed by atoms with Gasteiger partial charge in [-0.15, -0.1) is 11.6 Å². The van der Waals surface area contributed by atoms with Crippen LogP contribution in [0.5, 0.6) is 0 Å². The minimum absolute atomic E-state index is 0.202. The van der Waals surface area contributed by atoms with Crippen LogP contribution < -0.4 is 0 Å². The number of alkyl halides is 1. The Labute approximate surface area is 137 Å². The van der Waals surface area contributed by atoms with Gasteiger partial charge >= 0.3 is 0 Å². The van der Waals surface area contributed by atoms with Crippen molar-refractivity contribution >= 4 is 38.7 Å². The molecule has 1 unspecified atom stereocenters. The minimum atomic E-state index is -0.202. The van der Waals surface area contributed by atoms with Crippen LogP contribution in [0, 0.1) is 13.8 Å². The molecule has 0 radical (unpaired) electrons. The van der Waals surface area contributed by atoms with E-state index < -0.39 is 0 Å². The van der Waals surface area contributed by atoms with Gasteiger partial charge in [-0.3, -0.25) is 4.57 Å². The number of fused-ring (bicyclic) bond motifs is 1. The van der Waals surface area contributed by atoms with Crippen molar-refractivity contribution in [1.82, 2.24) is 14.5 Å². The summed E-state index contributed by atoms with van der Waals surface area (Å²) < 4.78 is 3.07. The van der Waals surface area contributed by atoms with Gasteiger partial charge in [0, 0.05) is 10.2 Å². The van der Waals surface area contributed by atoms with Crippen molar-refractivity contribution in [3.05, 3.63) is 51.9 Å². The van der Waals surface area contributed by atoms with Crippen LogP contribution in [0.4, 0.5) is 0 Å². The maximum atomic E-state index is 6.34. The number of hydrogen-bond donors (Lipinski definition) is 0. The number of aromatic nitrogens is 3. The van der Waals surface area contributed by atoms with Crippen LogP contribution in [0.3, 0.4) is 0 Å². The summed E-state index contributed by atoms with van der Waals surface area (Å²) in [5.74, 6) is 0.802. The van der Waals surface area contributed by atoms with Crippen molar-refractivity contribution in [2.24, 2.45) is 0 Å². The van der Waals surface area contributed by atoms with Gasteiger partial charge in [-0.25, -0.2) is 9.97 Å². The highest BCUT2D eigenvalue weighted by Crippen LogP contribution is 2.32. The maximum absolute atomic E-state index is 6.34. The molecule has 0 aliphatic heterocycles. The molecule has 2 aromatic heterocycles. The second-order valence-electron chi connectivity index (χ2n) is 5.12. The summed E-state index contributed by atoms with van der Waals surface area (Å²) in [6.45, 7) is 5.97. The maximum Gasteiger partial charge on any atom is 0.165 e. The zero-order chi connectivity index (χ0) is 15.1. The second-order valence-corrected chi connectivity index (χ2v) is 6.57. The summed E-state index contributed by atoms with van der Waals surface area (Å²) in [6, 6.07) is 10.1. The smallest absolute Gasteiger partial charge is 0.165 e. The molecule has 0 fully saturated rings. The first kappa shape index (κ1) is 14.5. The van der Waals surface area contributed by atoms with Crippen molar-refractivity contribution in [3.63, 3.8) is 0 Å². The summed E-state index contributed by atoms with van der Waals surface area (Å²) in [6.07, 6.45) is 0. The number of imidazole rings is 1. The zero-order valence-electron chi connectivity index (χ0n) is 12.1. The molecular weight excluding hydrogens is 350 g/mol. The largest absolute Gasteiger partial charge is 0.278 e. The fourth-order valence-corrected chi connectivity index (χ4v) is 2.97. The number of halogens is 2. The first-order valence-electron chi connectivity index (χ1n) is 6.74. The third-order valence-corrected chi connectivity index (χ3v) is 4.66. The number of aryl methyl sites for hydroxylation is 2. The van der Waals surface area contributed by atoms with Crippen LogP contribution in [-0.4, -0.2) is 14.5 Å². The monoisotopic (exact) mass is 363 g/mol. The Morgan fingerprint density at radius 1 is 1.14 bits per heavy atom. The topological polar surface area (TPSA) is 30.7 Å². The molecule has 1 aromatic carbocycles. The quantitative estimate of drug-likeness (QED) is 0.592. The van der Waals surface area contributed by atoms with Crippen molar-refractivity contribution in [2.75, 3.05) is 0 Å². The highest BCUT2D eigenvalue weighted by Gasteiger charge is 2.19. The lowest BCUT2D eigenvalue weighted by Crippen LogP contribution is -2.04. The molecule has 0 bridgehead atoms. The Morgan fingerprint density at radius 3 is 2.62 bits per heavy atom. The molecule has 3 rings (SSSR count). The fourth-order valence-electron chi connectivity index (χ4n) is 2.38. The molecule has 0 aliphatic carbocycles. The molecule has 0 spiro atoms. The van der Waals surface area contributed by atoms with E-state index in [1.807, 2.05) is 42.7 Å². The van der Waals surface area contributed by atoms with Gasteiger partial charge in [0.25, 0.3) is 0 Å². The fraction of sp³-hybridized carbons (Fsp3) is 0.250. The van der Waals surface area contributed by atoms with Crippen molar-refractivity contribution in [2.45, 2.75) is 26.1 Å². The molecule has 0 saturated heterocycles. The van der Waals surface area contributed by atoms with E-state index in [9.17, 15) is 0 Å². The Hall–Kier alpha value is -1.39. The van der Waals surface area contributed by atoms with Crippen LogP contribution in [0.25, 0.3) is 16.9 Å². The summed E-state index contributed by atoms with van der Waals surface area (Å²) in [7, 11) is 0. The molecule has 0 aliphatic rings. The number of hydrogen-bond acceptors (Lipinski definition) is 2. The predicted octanol–water partition coefficient (Wildman–Crippen LogP) is 5.10. The van der Waals surface area contributed by atoms with Crippen LogP contribution in [0.1, 0.15) is 29.4 Å². The predicted molar refractivity (Wildman–Crippen MR) is 90.3 cm³/mol. The van der Waals surface area contributed by atoms with Crippen LogP contribution in [0.2, 0.25) is 0 Å². The second kappa shape index (κ2) is 5.43. The molecule has 108 valence electrons. The number of pyridine rings is 1. The van der Waals surface area contributed by atoms with E-state index in [1.54, 1.807) is 0 Å². The molecule has 0 N–H and O–H groups in total. The first-order chi connectivity index (χ1) is 9.99. The van der Waals surface area contributed by atoms with Crippen LogP contribution in [0.15, 0.2) is 34.8 Å². The molecule has 5 heteroatoms. The van der Waals surface area contributed by atoms with Gasteiger partial charge in [0.2, 0.25) is 0 Å². The van der Waals surface area contributed by atoms with Crippen LogP contribution in [-0.2, 0) is 0 Å². The summed E-state index contributed by atoms with van der Waals surface area (Å²) in [5.41, 5.74) is 4.83. The lowest BCUT2D eigenvalue weighted by atomic mass is 10.2. The Morgan fingerprint density at radius 2 is 1.90 bits per heavy atom. The Balaban J connectivity index is 2.41. The van der Waals surface area contributed by atoms with E-state index >= 15 is 0 Å². The number of nitrogens with zero attached hydrogens (tertiary/aromatic N) is 3. The average Bonchev–Trinajstić information content (AvgIpc) is 2.80. The van der Waals surface area contributed by atoms with E-state index in [0.717, 1.165) is 38.4 Å². The normalized spacial score (nSPS) is 12.8. The first-order valence-corrected chi connectivity index (χ1v) is 7.97. The van der Waals surface area contributed by atoms with Crippen molar-refractivity contribution < 1.29 is 0 Å². The van der Waals surface area contributed by atoms with Gasteiger partial charge in [-0.2, -0.15) is 0 Å². The molecule has 3 aromatic rings. The van der Waals surface area contributed by atoms with Gasteiger partial charge in [-0.05, 0) is 60.5 Å². The average molecular weight is 365 g/mol. The molecule has 3 nitrogen and oxygen atoms in total. The third-order valence-electron chi connectivity index (χ3n) is 3.44. The van der Waals surface area contributed by atoms with E-state index in [2.05, 4.69) is 38.9 Å². The molecule has 1 atom stereocenters. The summed E-state index contributed by atoms with van der Waals surface area (Å²) in [4.78, 5) is 9.29. The highest BCUT2D eigenvalue weighted by molar-refractivity contribution is 9.10. The van der Waals surface area contributed by atoms with Gasteiger partial charge in [0.1, 0.15) is 11.3 Å². The summed E-state index contributed by atoms with van der Waals surface area (Å²) in [5, 5.41) is -0.202. The summed E-state index contributed by atoms with van der Waals surface area (Å²) >= 11 is 10.0. The van der Waals surface area contributed by atoms with E-state index in [0.29, 0.717) is 0 Å². The molecule has 0 saturated carbocycles. The Bertz CT molecular complexity index is 824. The van der Waals surface area contributed by atoms with Crippen molar-refractivity contribution in [1.29, 1.82) is 0 Å². The minimum Gasteiger partial charge on any atom is -0.278 e. The molecule has 21 heavy (non-hydrogen) atoms. The molecular formula is C16H15BrClN3. The third kappa shape index (κ3) is 2.47. The SMILES string of the molecule is Cc1ccc2nc(C(C)Cl)n(-c3cccc(C)c3Br)c2n1. The highest BCUT2D eigenvalue weighted by atomic mass is 79.9. The van der Waals surface area contributed by atoms with E-state index in [4.69, 9.17) is 11.6 Å². The zero-order valence-corrected chi connectivity index (χ0v) is 14.4. The van der Waals surface area contributed by atoms with Crippen molar-refractivity contribution in [3.8, 4) is 5.69 Å². The molecule has 2 heterocycles. The standard InChI is InChI=1S/C16H15BrClN3/c1-9-5-4-6-13(14(9)17)21-15(11(3)18)20-12-8-7-10(2)19-16(12)21/h4-8,11H,1-3H3. The lowest BCUT2D eigenvalue weighted by Gasteiger charge is -2.13.